The quantitative estimate of drug-likeness (QED) is 0.525. The van der Waals surface area contributed by atoms with Crippen LogP contribution in [0.1, 0.15) is 24.0 Å². The Bertz CT molecular complexity index is 614. The number of carbonyl (C=O) groups is 1. The number of rotatable bonds is 4. The SMILES string of the molecule is C=CCc1cc(/C=C2/CC(=O)CC2=S)cc(OC)c1O. The van der Waals surface area contributed by atoms with Gasteiger partial charge in [0.1, 0.15) is 5.78 Å². The van der Waals surface area contributed by atoms with Crippen LogP contribution < -0.4 is 4.74 Å². The van der Waals surface area contributed by atoms with Gasteiger partial charge < -0.3 is 9.84 Å². The molecule has 0 bridgehead atoms. The van der Waals surface area contributed by atoms with E-state index in [1.54, 1.807) is 12.1 Å². The second-order valence-corrected chi connectivity index (χ2v) is 5.20. The molecular formula is C16H16O3S. The lowest BCUT2D eigenvalue weighted by molar-refractivity contribution is -0.116. The number of phenols is 1. The Balaban J connectivity index is 2.44. The molecule has 1 aromatic carbocycles. The zero-order chi connectivity index (χ0) is 14.7. The molecule has 1 aliphatic carbocycles. The number of thiocarbonyl (C=S) groups is 1. The van der Waals surface area contributed by atoms with E-state index in [9.17, 15) is 9.90 Å². The highest BCUT2D eigenvalue weighted by atomic mass is 32.1. The van der Waals surface area contributed by atoms with E-state index >= 15 is 0 Å². The van der Waals surface area contributed by atoms with Crippen molar-refractivity contribution < 1.29 is 14.6 Å². The fraction of sp³-hybridized carbons (Fsp3) is 0.250. The Morgan fingerprint density at radius 1 is 1.45 bits per heavy atom. The Kier molecular flexibility index (Phi) is 4.35. The summed E-state index contributed by atoms with van der Waals surface area (Å²) >= 11 is 5.20. The minimum atomic E-state index is 0.125. The van der Waals surface area contributed by atoms with Crippen LogP contribution in [-0.2, 0) is 11.2 Å². The average molecular weight is 288 g/mol. The molecule has 1 aliphatic rings. The van der Waals surface area contributed by atoms with Crippen LogP contribution in [0.5, 0.6) is 11.5 Å². The maximum absolute atomic E-state index is 11.4. The van der Waals surface area contributed by atoms with Crippen LogP contribution in [0.2, 0.25) is 0 Å². The third-order valence-corrected chi connectivity index (χ3v) is 3.61. The Morgan fingerprint density at radius 3 is 2.75 bits per heavy atom. The van der Waals surface area contributed by atoms with Gasteiger partial charge >= 0.3 is 0 Å². The van der Waals surface area contributed by atoms with Crippen molar-refractivity contribution in [3.63, 3.8) is 0 Å². The van der Waals surface area contributed by atoms with Crippen molar-refractivity contribution in [3.05, 3.63) is 41.5 Å². The fourth-order valence-corrected chi connectivity index (χ4v) is 2.53. The van der Waals surface area contributed by atoms with E-state index in [1.807, 2.05) is 12.1 Å². The highest BCUT2D eigenvalue weighted by molar-refractivity contribution is 7.81. The van der Waals surface area contributed by atoms with Gasteiger partial charge in [0.15, 0.2) is 11.5 Å². The largest absolute Gasteiger partial charge is 0.504 e. The lowest BCUT2D eigenvalue weighted by Gasteiger charge is -2.10. The first-order valence-electron chi connectivity index (χ1n) is 6.31. The van der Waals surface area contributed by atoms with Gasteiger partial charge in [-0.2, -0.15) is 0 Å². The molecule has 104 valence electrons. The summed E-state index contributed by atoms with van der Waals surface area (Å²) in [6.07, 6.45) is 4.90. The molecule has 0 amide bonds. The molecule has 0 aliphatic heterocycles. The van der Waals surface area contributed by atoms with Crippen LogP contribution in [0.3, 0.4) is 0 Å². The van der Waals surface area contributed by atoms with E-state index in [0.717, 1.165) is 16.7 Å². The Morgan fingerprint density at radius 2 is 2.20 bits per heavy atom. The summed E-state index contributed by atoms with van der Waals surface area (Å²) < 4.78 is 5.17. The number of phenolic OH excluding ortho intramolecular Hbond substituents is 1. The molecule has 4 heteroatoms. The normalized spacial score (nSPS) is 16.8. The van der Waals surface area contributed by atoms with E-state index < -0.39 is 0 Å². The summed E-state index contributed by atoms with van der Waals surface area (Å²) in [5.41, 5.74) is 2.48. The van der Waals surface area contributed by atoms with Gasteiger partial charge in [0.05, 0.1) is 7.11 Å². The molecule has 0 unspecified atom stereocenters. The maximum Gasteiger partial charge on any atom is 0.161 e. The Hall–Kier alpha value is -1.94. The third-order valence-electron chi connectivity index (χ3n) is 3.20. The summed E-state index contributed by atoms with van der Waals surface area (Å²) in [7, 11) is 1.51. The maximum atomic E-state index is 11.4. The second-order valence-electron chi connectivity index (χ2n) is 4.71. The number of hydrogen-bond acceptors (Lipinski definition) is 4. The number of carbonyl (C=O) groups excluding carboxylic acids is 1. The minimum absolute atomic E-state index is 0.125. The summed E-state index contributed by atoms with van der Waals surface area (Å²) in [5, 5.41) is 10.0. The average Bonchev–Trinajstić information content (AvgIpc) is 2.71. The van der Waals surface area contributed by atoms with Crippen LogP contribution in [0, 0.1) is 0 Å². The summed E-state index contributed by atoms with van der Waals surface area (Å²) in [6.45, 7) is 3.67. The van der Waals surface area contributed by atoms with Crippen molar-refractivity contribution in [2.75, 3.05) is 7.11 Å². The van der Waals surface area contributed by atoms with Gasteiger partial charge in [0.2, 0.25) is 0 Å². The first-order valence-corrected chi connectivity index (χ1v) is 6.72. The molecule has 3 nitrogen and oxygen atoms in total. The van der Waals surface area contributed by atoms with E-state index in [0.29, 0.717) is 29.9 Å². The van der Waals surface area contributed by atoms with Crippen LogP contribution in [0.25, 0.3) is 6.08 Å². The number of aromatic hydroxyl groups is 1. The number of ketones is 1. The summed E-state index contributed by atoms with van der Waals surface area (Å²) in [4.78, 5) is 12.1. The molecule has 1 saturated carbocycles. The van der Waals surface area contributed by atoms with Gasteiger partial charge in [-0.3, -0.25) is 4.79 Å². The van der Waals surface area contributed by atoms with Crippen LogP contribution >= 0.6 is 12.2 Å². The second kappa shape index (κ2) is 6.01. The fourth-order valence-electron chi connectivity index (χ4n) is 2.24. The lowest BCUT2D eigenvalue weighted by Crippen LogP contribution is -1.92. The predicted octanol–water partition coefficient (Wildman–Crippen LogP) is 3.25. The van der Waals surface area contributed by atoms with Crippen molar-refractivity contribution in [1.82, 2.24) is 0 Å². The zero-order valence-corrected chi connectivity index (χ0v) is 12.1. The zero-order valence-electron chi connectivity index (χ0n) is 11.3. The van der Waals surface area contributed by atoms with Gasteiger partial charge in [-0.1, -0.05) is 24.4 Å². The van der Waals surface area contributed by atoms with Crippen molar-refractivity contribution in [3.8, 4) is 11.5 Å². The number of methoxy groups -OCH3 is 1. The molecule has 0 radical (unpaired) electrons. The molecule has 0 spiro atoms. The molecule has 20 heavy (non-hydrogen) atoms. The molecule has 1 aromatic rings. The number of allylic oxidation sites excluding steroid dienone is 2. The van der Waals surface area contributed by atoms with Crippen molar-refractivity contribution in [2.45, 2.75) is 19.3 Å². The first-order chi connectivity index (χ1) is 9.55. The molecule has 0 heterocycles. The molecule has 0 aromatic heterocycles. The smallest absolute Gasteiger partial charge is 0.161 e. The third kappa shape index (κ3) is 2.96. The minimum Gasteiger partial charge on any atom is -0.504 e. The van der Waals surface area contributed by atoms with Gasteiger partial charge in [-0.05, 0) is 29.7 Å². The Labute approximate surface area is 123 Å². The van der Waals surface area contributed by atoms with Crippen LogP contribution in [0.4, 0.5) is 0 Å². The highest BCUT2D eigenvalue weighted by Gasteiger charge is 2.21. The van der Waals surface area contributed by atoms with Gasteiger partial charge in [-0.25, -0.2) is 0 Å². The highest BCUT2D eigenvalue weighted by Crippen LogP contribution is 2.33. The number of hydrogen-bond donors (Lipinski definition) is 1. The van der Waals surface area contributed by atoms with E-state index in [4.69, 9.17) is 17.0 Å². The number of ether oxygens (including phenoxy) is 1. The van der Waals surface area contributed by atoms with E-state index in [-0.39, 0.29) is 11.5 Å². The molecule has 1 N–H and O–H groups in total. The monoisotopic (exact) mass is 288 g/mol. The molecular weight excluding hydrogens is 272 g/mol. The summed E-state index contributed by atoms with van der Waals surface area (Å²) in [6, 6.07) is 3.60. The van der Waals surface area contributed by atoms with Crippen molar-refractivity contribution >= 4 is 28.9 Å². The van der Waals surface area contributed by atoms with Gasteiger partial charge in [0, 0.05) is 23.3 Å². The van der Waals surface area contributed by atoms with E-state index in [2.05, 4.69) is 6.58 Å². The molecule has 2 rings (SSSR count). The first kappa shape index (κ1) is 14.5. The van der Waals surface area contributed by atoms with Crippen molar-refractivity contribution in [1.29, 1.82) is 0 Å². The molecule has 1 fully saturated rings. The van der Waals surface area contributed by atoms with Crippen LogP contribution in [-0.4, -0.2) is 22.9 Å². The van der Waals surface area contributed by atoms with Gasteiger partial charge in [0.25, 0.3) is 0 Å². The topological polar surface area (TPSA) is 46.5 Å². The van der Waals surface area contributed by atoms with Crippen LogP contribution in [0.15, 0.2) is 30.4 Å². The van der Waals surface area contributed by atoms with Crippen molar-refractivity contribution in [2.24, 2.45) is 0 Å². The van der Waals surface area contributed by atoms with E-state index in [1.165, 1.54) is 7.11 Å². The number of Topliss-reactive ketones (excluding diaryl/α,β-unsaturated/α-hetero) is 1. The van der Waals surface area contributed by atoms with Gasteiger partial charge in [-0.15, -0.1) is 6.58 Å². The molecule has 0 atom stereocenters. The summed E-state index contributed by atoms with van der Waals surface area (Å²) in [5.74, 6) is 0.685. The standard InChI is InChI=1S/C16H16O3S/c1-3-4-11-5-10(7-14(19-2)16(11)18)6-12-8-13(17)9-15(12)20/h3,5-7,18H,1,4,8-9H2,2H3/b12-6-. The molecule has 0 saturated heterocycles. The number of benzene rings is 1. The lowest BCUT2D eigenvalue weighted by atomic mass is 10.0. The predicted molar refractivity (Wildman–Crippen MR) is 83.4 cm³/mol.